The molecule has 0 saturated heterocycles. The van der Waals surface area contributed by atoms with Crippen LogP contribution in [0.5, 0.6) is 5.75 Å². The Morgan fingerprint density at radius 1 is 0.795 bits per heavy atom. The van der Waals surface area contributed by atoms with Crippen LogP contribution in [0.3, 0.4) is 0 Å². The Morgan fingerprint density at radius 2 is 1.45 bits per heavy atom. The largest absolute Gasteiger partial charge is 0.575 e. The number of alkyl halides is 6. The molecule has 0 N–H and O–H groups in total. The second-order valence-corrected chi connectivity index (χ2v) is 9.37. The normalized spacial score (nSPS) is 12.0. The Morgan fingerprint density at radius 3 is 2.11 bits per heavy atom. The Balaban J connectivity index is 1.25. The molecule has 44 heavy (non-hydrogen) atoms. The summed E-state index contributed by atoms with van der Waals surface area (Å²) in [5.41, 5.74) is 2.40. The first kappa shape index (κ1) is 30.1. The first-order valence-electron chi connectivity index (χ1n) is 12.9. The van der Waals surface area contributed by atoms with Crippen LogP contribution >= 0.6 is 0 Å². The maximum Gasteiger partial charge on any atom is 0.575 e. The fourth-order valence-electron chi connectivity index (χ4n) is 4.08. The minimum absolute atomic E-state index is 0.226. The number of hydrogen-bond acceptors (Lipinski definition) is 5. The van der Waals surface area contributed by atoms with Gasteiger partial charge in [-0.1, -0.05) is 66.7 Å². The third-order valence-electron chi connectivity index (χ3n) is 6.24. The van der Waals surface area contributed by atoms with E-state index in [1.807, 2.05) is 24.3 Å². The summed E-state index contributed by atoms with van der Waals surface area (Å²) in [7, 11) is 0. The number of ether oxygens (including phenoxy) is 2. The van der Waals surface area contributed by atoms with E-state index in [2.05, 4.69) is 14.8 Å². The van der Waals surface area contributed by atoms with Gasteiger partial charge >= 0.3 is 18.5 Å². The molecule has 0 amide bonds. The molecule has 5 rings (SSSR count). The van der Waals surface area contributed by atoms with Gasteiger partial charge in [-0.2, -0.15) is 18.3 Å². The van der Waals surface area contributed by atoms with Crippen LogP contribution in [-0.4, -0.2) is 27.1 Å². The second-order valence-electron chi connectivity index (χ2n) is 9.37. The summed E-state index contributed by atoms with van der Waals surface area (Å²) in [6, 6.07) is 24.5. The molecule has 0 aliphatic carbocycles. The van der Waals surface area contributed by atoms with Crippen LogP contribution in [0.15, 0.2) is 103 Å². The number of halogens is 6. The topological polar surface area (TPSA) is 66.2 Å². The summed E-state index contributed by atoms with van der Waals surface area (Å²) >= 11 is 0. The van der Waals surface area contributed by atoms with E-state index in [0.717, 1.165) is 40.3 Å². The summed E-state index contributed by atoms with van der Waals surface area (Å²) in [6.45, 7) is 0.226. The standard InChI is InChI=1S/C32H21F6N3O3/c33-31(34,35)25-16-14-22(15-17-25)9-8-21-10-12-23(13-11-21)20-43-28-6-2-1-4-26(28)27-5-3-7-29(40-27)41-19-24(18-39-41)30(42)44-32(36,37)38/h1-19H,20H2/b9-8+. The molecule has 0 spiro atoms. The van der Waals surface area contributed by atoms with Crippen molar-refractivity contribution in [2.75, 3.05) is 0 Å². The highest BCUT2D eigenvalue weighted by Crippen LogP contribution is 2.31. The lowest BCUT2D eigenvalue weighted by Crippen LogP contribution is -2.19. The van der Waals surface area contributed by atoms with Gasteiger partial charge in [-0.3, -0.25) is 0 Å². The summed E-state index contributed by atoms with van der Waals surface area (Å²) in [5, 5.41) is 3.93. The third kappa shape index (κ3) is 7.71. The van der Waals surface area contributed by atoms with E-state index < -0.39 is 24.1 Å². The Hall–Kier alpha value is -5.39. The molecule has 0 bridgehead atoms. The molecule has 224 valence electrons. The maximum atomic E-state index is 12.8. The van der Waals surface area contributed by atoms with Gasteiger partial charge in [0.05, 0.1) is 23.0 Å². The number of carbonyl (C=O) groups is 1. The second kappa shape index (κ2) is 12.5. The van der Waals surface area contributed by atoms with Crippen LogP contribution in [0.1, 0.15) is 32.6 Å². The average Bonchev–Trinajstić information content (AvgIpc) is 3.50. The number of pyridine rings is 1. The molecular weight excluding hydrogens is 588 g/mol. The van der Waals surface area contributed by atoms with E-state index in [1.165, 1.54) is 12.1 Å². The number of esters is 1. The van der Waals surface area contributed by atoms with Gasteiger partial charge in [0.15, 0.2) is 5.82 Å². The number of para-hydroxylation sites is 1. The Bertz CT molecular complexity index is 1780. The van der Waals surface area contributed by atoms with Crippen molar-refractivity contribution in [3.8, 4) is 22.8 Å². The van der Waals surface area contributed by atoms with Gasteiger partial charge in [-0.25, -0.2) is 14.5 Å². The van der Waals surface area contributed by atoms with Crippen molar-refractivity contribution >= 4 is 18.1 Å². The van der Waals surface area contributed by atoms with Crippen molar-refractivity contribution < 1.29 is 40.6 Å². The van der Waals surface area contributed by atoms with E-state index in [0.29, 0.717) is 22.6 Å². The summed E-state index contributed by atoms with van der Waals surface area (Å²) in [6.07, 6.45) is -3.93. The lowest BCUT2D eigenvalue weighted by atomic mass is 10.1. The molecule has 0 radical (unpaired) electrons. The highest BCUT2D eigenvalue weighted by Gasteiger charge is 2.35. The van der Waals surface area contributed by atoms with Gasteiger partial charge in [0, 0.05) is 11.8 Å². The van der Waals surface area contributed by atoms with Crippen molar-refractivity contribution in [1.82, 2.24) is 14.8 Å². The van der Waals surface area contributed by atoms with Crippen molar-refractivity contribution in [2.45, 2.75) is 19.1 Å². The van der Waals surface area contributed by atoms with Crippen molar-refractivity contribution in [3.05, 3.63) is 131 Å². The lowest BCUT2D eigenvalue weighted by Gasteiger charge is -2.12. The molecule has 12 heteroatoms. The summed E-state index contributed by atoms with van der Waals surface area (Å²) < 4.78 is 86.1. The highest BCUT2D eigenvalue weighted by molar-refractivity contribution is 5.89. The molecule has 0 fully saturated rings. The predicted octanol–water partition coefficient (Wildman–Crippen LogP) is 8.38. The molecular formula is C32H21F6N3O3. The quantitative estimate of drug-likeness (QED) is 0.100. The predicted molar refractivity (Wildman–Crippen MR) is 149 cm³/mol. The van der Waals surface area contributed by atoms with Gasteiger partial charge in [0.2, 0.25) is 0 Å². The van der Waals surface area contributed by atoms with Gasteiger partial charge in [-0.15, -0.1) is 13.2 Å². The molecule has 6 nitrogen and oxygen atoms in total. The highest BCUT2D eigenvalue weighted by atomic mass is 19.4. The minimum atomic E-state index is -5.11. The van der Waals surface area contributed by atoms with Crippen molar-refractivity contribution in [2.24, 2.45) is 0 Å². The van der Waals surface area contributed by atoms with E-state index in [9.17, 15) is 31.1 Å². The van der Waals surface area contributed by atoms with Crippen molar-refractivity contribution in [1.29, 1.82) is 0 Å². The number of rotatable bonds is 8. The number of benzene rings is 3. The summed E-state index contributed by atoms with van der Waals surface area (Å²) in [5.74, 6) is -0.802. The molecule has 0 aliphatic heterocycles. The average molecular weight is 610 g/mol. The number of nitrogens with zero attached hydrogens (tertiary/aromatic N) is 3. The monoisotopic (exact) mass is 609 g/mol. The first-order valence-corrected chi connectivity index (χ1v) is 12.9. The molecule has 3 aromatic carbocycles. The fraction of sp³-hybridized carbons (Fsp3) is 0.0938. The van der Waals surface area contributed by atoms with Gasteiger partial charge in [0.25, 0.3) is 0 Å². The van der Waals surface area contributed by atoms with E-state index >= 15 is 0 Å². The zero-order valence-electron chi connectivity index (χ0n) is 22.5. The smallest absolute Gasteiger partial charge is 0.488 e. The Kier molecular flexibility index (Phi) is 8.52. The number of aromatic nitrogens is 3. The lowest BCUT2D eigenvalue weighted by molar-refractivity contribution is -0.291. The van der Waals surface area contributed by atoms with Crippen LogP contribution in [0.4, 0.5) is 26.3 Å². The van der Waals surface area contributed by atoms with Crippen LogP contribution in [0.25, 0.3) is 29.2 Å². The van der Waals surface area contributed by atoms with E-state index in [-0.39, 0.29) is 18.0 Å². The Labute approximate surface area is 246 Å². The molecule has 2 aromatic heterocycles. The summed E-state index contributed by atoms with van der Waals surface area (Å²) in [4.78, 5) is 16.2. The SMILES string of the molecule is O=C(OC(F)(F)F)c1cnn(-c2cccc(-c3ccccc3OCc3ccc(/C=C/c4ccc(C(F)(F)F)cc4)cc3)n2)c1. The molecule has 0 saturated carbocycles. The van der Waals surface area contributed by atoms with E-state index in [4.69, 9.17) is 4.74 Å². The molecule has 0 unspecified atom stereocenters. The van der Waals surface area contributed by atoms with Gasteiger partial charge in [-0.05, 0) is 53.1 Å². The van der Waals surface area contributed by atoms with Crippen LogP contribution < -0.4 is 4.74 Å². The third-order valence-corrected chi connectivity index (χ3v) is 6.24. The zero-order valence-corrected chi connectivity index (χ0v) is 22.5. The minimum Gasteiger partial charge on any atom is -0.488 e. The molecule has 0 atom stereocenters. The van der Waals surface area contributed by atoms with Crippen LogP contribution in [0.2, 0.25) is 0 Å². The first-order chi connectivity index (χ1) is 20.9. The van der Waals surface area contributed by atoms with Gasteiger partial charge in [0.1, 0.15) is 12.4 Å². The van der Waals surface area contributed by atoms with E-state index in [1.54, 1.807) is 54.6 Å². The molecule has 2 heterocycles. The van der Waals surface area contributed by atoms with Gasteiger partial charge < -0.3 is 9.47 Å². The number of hydrogen-bond donors (Lipinski definition) is 0. The zero-order chi connectivity index (χ0) is 31.3. The van der Waals surface area contributed by atoms with Crippen molar-refractivity contribution in [3.63, 3.8) is 0 Å². The van der Waals surface area contributed by atoms with Crippen LogP contribution in [-0.2, 0) is 17.5 Å². The fourth-order valence-corrected chi connectivity index (χ4v) is 4.08. The maximum absolute atomic E-state index is 12.8. The van der Waals surface area contributed by atoms with Crippen LogP contribution in [0, 0.1) is 0 Å². The molecule has 5 aromatic rings. The molecule has 0 aliphatic rings. The number of carbonyl (C=O) groups excluding carboxylic acids is 1.